The second kappa shape index (κ2) is 9.44. The Kier molecular flexibility index (Phi) is 6.64. The molecule has 1 aliphatic carbocycles. The molecular formula is C26H31F2N3O. The summed E-state index contributed by atoms with van der Waals surface area (Å²) in [5, 5.41) is 18.2. The first-order valence-corrected chi connectivity index (χ1v) is 11.7. The minimum Gasteiger partial charge on any atom is -0.446 e. The number of hydrogen-bond donors (Lipinski definition) is 1. The molecule has 0 bridgehead atoms. The summed E-state index contributed by atoms with van der Waals surface area (Å²) in [7, 11) is 0. The maximum atomic E-state index is 15.3. The van der Waals surface area contributed by atoms with Gasteiger partial charge in [0.15, 0.2) is 0 Å². The quantitative estimate of drug-likeness (QED) is 0.548. The highest BCUT2D eigenvalue weighted by Crippen LogP contribution is 2.50. The van der Waals surface area contributed by atoms with E-state index in [1.807, 2.05) is 13.0 Å². The van der Waals surface area contributed by atoms with Crippen molar-refractivity contribution in [3.05, 3.63) is 52.8 Å². The van der Waals surface area contributed by atoms with Crippen LogP contribution in [0, 0.1) is 46.1 Å². The number of piperidine rings is 1. The molecule has 1 saturated heterocycles. The summed E-state index contributed by atoms with van der Waals surface area (Å²) >= 11 is 0. The van der Waals surface area contributed by atoms with Crippen LogP contribution in [0.15, 0.2) is 35.6 Å². The summed E-state index contributed by atoms with van der Waals surface area (Å²) in [6.45, 7) is 5.37. The lowest BCUT2D eigenvalue weighted by Gasteiger charge is -2.41. The Morgan fingerprint density at radius 1 is 1.22 bits per heavy atom. The van der Waals surface area contributed by atoms with Gasteiger partial charge in [0.05, 0.1) is 6.07 Å². The van der Waals surface area contributed by atoms with Crippen LogP contribution < -0.4 is 4.90 Å². The molecular weight excluding hydrogens is 408 g/mol. The first-order valence-electron chi connectivity index (χ1n) is 11.7. The van der Waals surface area contributed by atoms with Crippen molar-refractivity contribution in [1.29, 1.82) is 10.7 Å². The minimum absolute atomic E-state index is 0.0297. The van der Waals surface area contributed by atoms with Gasteiger partial charge in [0.1, 0.15) is 29.0 Å². The van der Waals surface area contributed by atoms with E-state index in [1.54, 1.807) is 4.90 Å². The number of rotatable bonds is 4. The standard InChI is InChI=1S/C26H31F2N3O/c1-3-8-16-11-17(4-2)24-22(12-16)32-26(30)19(15-29)23(24)18-13-20(27)25(21(28)14-18)31-9-6-5-7-10-31/h3,8,13-14,16-17,19,23,30H,4-7,9-12H2,1-2H3. The Bertz CT molecular complexity index is 964. The Balaban J connectivity index is 1.80. The second-order valence-electron chi connectivity index (χ2n) is 9.14. The molecule has 1 aromatic carbocycles. The van der Waals surface area contributed by atoms with Crippen molar-refractivity contribution in [2.24, 2.45) is 17.8 Å². The second-order valence-corrected chi connectivity index (χ2v) is 9.14. The first kappa shape index (κ1) is 22.5. The predicted octanol–water partition coefficient (Wildman–Crippen LogP) is 6.45. The molecule has 0 radical (unpaired) electrons. The summed E-state index contributed by atoms with van der Waals surface area (Å²) in [6, 6.07) is 4.95. The summed E-state index contributed by atoms with van der Waals surface area (Å²) in [4.78, 5) is 1.79. The Labute approximate surface area is 189 Å². The van der Waals surface area contributed by atoms with Gasteiger partial charge in [-0.2, -0.15) is 5.26 Å². The Morgan fingerprint density at radius 3 is 2.50 bits per heavy atom. The van der Waals surface area contributed by atoms with Crippen LogP contribution in [-0.2, 0) is 4.74 Å². The van der Waals surface area contributed by atoms with E-state index in [-0.39, 0.29) is 17.5 Å². The number of ether oxygens (including phenoxy) is 1. The fourth-order valence-corrected chi connectivity index (χ4v) is 5.71. The molecule has 4 unspecified atom stereocenters. The van der Waals surface area contributed by atoms with E-state index in [2.05, 4.69) is 19.1 Å². The molecule has 2 heterocycles. The number of benzene rings is 1. The first-order chi connectivity index (χ1) is 15.5. The van der Waals surface area contributed by atoms with Gasteiger partial charge in [-0.15, -0.1) is 0 Å². The molecule has 4 nitrogen and oxygen atoms in total. The number of allylic oxidation sites excluding steroid dienone is 4. The summed E-state index contributed by atoms with van der Waals surface area (Å²) in [6.07, 6.45) is 9.50. The molecule has 0 amide bonds. The van der Waals surface area contributed by atoms with Crippen LogP contribution in [0.5, 0.6) is 0 Å². The number of halogens is 2. The summed E-state index contributed by atoms with van der Waals surface area (Å²) in [5.74, 6) is -1.62. The lowest BCUT2D eigenvalue weighted by Crippen LogP contribution is -2.36. The van der Waals surface area contributed by atoms with Gasteiger partial charge in [-0.1, -0.05) is 19.1 Å². The van der Waals surface area contributed by atoms with Gasteiger partial charge in [0, 0.05) is 25.4 Å². The number of nitriles is 1. The highest BCUT2D eigenvalue weighted by Gasteiger charge is 2.44. The van der Waals surface area contributed by atoms with E-state index >= 15 is 8.78 Å². The van der Waals surface area contributed by atoms with E-state index < -0.39 is 23.5 Å². The molecule has 0 saturated carbocycles. The fraction of sp³-hybridized carbons (Fsp3) is 0.538. The monoisotopic (exact) mass is 439 g/mol. The molecule has 170 valence electrons. The van der Waals surface area contributed by atoms with Crippen molar-refractivity contribution in [2.75, 3.05) is 18.0 Å². The summed E-state index contributed by atoms with van der Waals surface area (Å²) < 4.78 is 36.4. The fourth-order valence-electron chi connectivity index (χ4n) is 5.71. The Morgan fingerprint density at radius 2 is 1.91 bits per heavy atom. The lowest BCUT2D eigenvalue weighted by molar-refractivity contribution is 0.252. The largest absolute Gasteiger partial charge is 0.446 e. The molecule has 1 N–H and O–H groups in total. The normalized spacial score (nSPS) is 28.5. The third-order valence-corrected chi connectivity index (χ3v) is 7.15. The zero-order valence-corrected chi connectivity index (χ0v) is 18.8. The van der Waals surface area contributed by atoms with Gasteiger partial charge in [-0.25, -0.2) is 8.78 Å². The smallest absolute Gasteiger partial charge is 0.205 e. The molecule has 0 aromatic heterocycles. The number of nitrogens with zero attached hydrogens (tertiary/aromatic N) is 2. The zero-order valence-electron chi connectivity index (χ0n) is 18.8. The van der Waals surface area contributed by atoms with Crippen molar-refractivity contribution in [3.63, 3.8) is 0 Å². The molecule has 32 heavy (non-hydrogen) atoms. The topological polar surface area (TPSA) is 60.1 Å². The van der Waals surface area contributed by atoms with Crippen LogP contribution in [0.3, 0.4) is 0 Å². The van der Waals surface area contributed by atoms with Gasteiger partial charge in [-0.3, -0.25) is 5.41 Å². The average molecular weight is 440 g/mol. The van der Waals surface area contributed by atoms with Gasteiger partial charge in [-0.05, 0) is 74.1 Å². The molecule has 3 aliphatic rings. The molecule has 1 aromatic rings. The minimum atomic E-state index is -0.888. The van der Waals surface area contributed by atoms with Crippen LogP contribution in [0.25, 0.3) is 0 Å². The van der Waals surface area contributed by atoms with Crippen molar-refractivity contribution >= 4 is 11.6 Å². The lowest BCUT2D eigenvalue weighted by atomic mass is 9.67. The molecule has 6 heteroatoms. The highest BCUT2D eigenvalue weighted by atomic mass is 19.1. The van der Waals surface area contributed by atoms with Crippen LogP contribution in [0.1, 0.15) is 63.9 Å². The van der Waals surface area contributed by atoms with Crippen molar-refractivity contribution in [1.82, 2.24) is 0 Å². The van der Waals surface area contributed by atoms with Gasteiger partial charge in [0.2, 0.25) is 5.90 Å². The number of nitrogens with one attached hydrogen (secondary N) is 1. The average Bonchev–Trinajstić information content (AvgIpc) is 2.78. The zero-order chi connectivity index (χ0) is 22.8. The third-order valence-electron chi connectivity index (χ3n) is 7.15. The number of anilines is 1. The molecule has 4 rings (SSSR count). The third kappa shape index (κ3) is 4.05. The summed E-state index contributed by atoms with van der Waals surface area (Å²) in [5.41, 5.74) is 1.40. The van der Waals surface area contributed by atoms with Crippen LogP contribution in [0.4, 0.5) is 14.5 Å². The molecule has 2 aliphatic heterocycles. The van der Waals surface area contributed by atoms with E-state index in [1.165, 1.54) is 12.1 Å². The van der Waals surface area contributed by atoms with Crippen LogP contribution >= 0.6 is 0 Å². The molecule has 0 spiro atoms. The highest BCUT2D eigenvalue weighted by molar-refractivity contribution is 5.83. The van der Waals surface area contributed by atoms with E-state index in [4.69, 9.17) is 10.1 Å². The van der Waals surface area contributed by atoms with Crippen molar-refractivity contribution in [2.45, 2.75) is 58.3 Å². The number of hydrogen-bond acceptors (Lipinski definition) is 4. The maximum absolute atomic E-state index is 15.3. The van der Waals surface area contributed by atoms with E-state index in [0.29, 0.717) is 36.8 Å². The predicted molar refractivity (Wildman–Crippen MR) is 121 cm³/mol. The van der Waals surface area contributed by atoms with Crippen LogP contribution in [-0.4, -0.2) is 19.0 Å². The van der Waals surface area contributed by atoms with E-state index in [9.17, 15) is 5.26 Å². The molecule has 4 atom stereocenters. The van der Waals surface area contributed by atoms with Crippen molar-refractivity contribution in [3.8, 4) is 6.07 Å². The van der Waals surface area contributed by atoms with Crippen LogP contribution in [0.2, 0.25) is 0 Å². The van der Waals surface area contributed by atoms with Gasteiger partial charge < -0.3 is 9.64 Å². The SMILES string of the molecule is CC=CC1CC2=C(C(CC)C1)C(c1cc(F)c(N3CCCCC3)c(F)c1)C(C#N)C(=N)O2. The molecule has 1 fully saturated rings. The Hall–Kier alpha value is -2.68. The van der Waals surface area contributed by atoms with Crippen molar-refractivity contribution < 1.29 is 13.5 Å². The maximum Gasteiger partial charge on any atom is 0.205 e. The van der Waals surface area contributed by atoms with E-state index in [0.717, 1.165) is 37.7 Å². The van der Waals surface area contributed by atoms with Gasteiger partial charge in [0.25, 0.3) is 0 Å². The van der Waals surface area contributed by atoms with Gasteiger partial charge >= 0.3 is 0 Å².